The highest BCUT2D eigenvalue weighted by molar-refractivity contribution is 6.72. The molecule has 0 amide bonds. The molecule has 1 aliphatic rings. The first-order valence-corrected chi connectivity index (χ1v) is 21.4. The molecule has 2 nitrogen and oxygen atoms in total. The van der Waals surface area contributed by atoms with Gasteiger partial charge in [0.25, 0.3) is 0 Å². The molecule has 0 atom stereocenters. The molecular weight excluding hydrogens is 803 g/mol. The van der Waals surface area contributed by atoms with E-state index in [1.54, 1.807) is 0 Å². The van der Waals surface area contributed by atoms with E-state index in [0.29, 0.717) is 22.5 Å². The average molecular weight is 824 g/mol. The van der Waals surface area contributed by atoms with Crippen molar-refractivity contribution in [1.82, 2.24) is 9.97 Å². The lowest BCUT2D eigenvalue weighted by Crippen LogP contribution is -2.58. The Morgan fingerprint density at radius 1 is 0.338 bits per heavy atom. The summed E-state index contributed by atoms with van der Waals surface area (Å²) in [5.74, 6) is 0.536. The minimum absolute atomic E-state index is 0.00753. The first-order valence-electron chi connectivity index (χ1n) is 21.4. The minimum atomic E-state index is -2.44. The Morgan fingerprint density at radius 2 is 0.809 bits per heavy atom. The lowest BCUT2D eigenvalue weighted by Gasteiger charge is -2.57. The lowest BCUT2D eigenvalue weighted by molar-refractivity contribution is 0.540. The Morgan fingerprint density at radius 3 is 1.43 bits per heavy atom. The second-order valence-corrected chi connectivity index (χ2v) is 17.4. The molecule has 68 heavy (non-hydrogen) atoms. The molecule has 0 unspecified atom stereocenters. The van der Waals surface area contributed by atoms with E-state index >= 15 is 0 Å². The van der Waals surface area contributed by atoms with Crippen molar-refractivity contribution in [3.05, 3.63) is 139 Å². The summed E-state index contributed by atoms with van der Waals surface area (Å²) in [4.78, 5) is 10.3. The van der Waals surface area contributed by atoms with Gasteiger partial charge in [0.15, 0.2) is 5.82 Å². The van der Waals surface area contributed by atoms with Gasteiger partial charge in [-0.05, 0) is 83.6 Å². The third kappa shape index (κ3) is 6.68. The Labute approximate surface area is 417 Å². The van der Waals surface area contributed by atoms with Crippen LogP contribution in [0.5, 0.6) is 0 Å². The van der Waals surface area contributed by atoms with Gasteiger partial charge in [-0.1, -0.05) is 154 Å². The zero-order valence-electron chi connectivity index (χ0n) is 36.7. The standard InChI is InChI=1S/C51H21B15N2/c52-39-32(40(53)42(55)35-33-34-36(44(57)47(60)46(59)41(34)54)43(56)45(58)37(33)49(38(35)39,50(61,62)63)51(64,65)66)29-19-18-28(26-16-7-8-17-27(26)29)31-21-30(67-48(68-31)23-12-5-2-6-13-23)25-15-9-14-24(20-25)22-10-3-1-4-11-22/h1-21H. The van der Waals surface area contributed by atoms with Gasteiger partial charge in [0, 0.05) is 16.7 Å². The molecule has 0 aliphatic heterocycles. The summed E-state index contributed by atoms with van der Waals surface area (Å²) in [6.07, 6.45) is 0. The van der Waals surface area contributed by atoms with Crippen molar-refractivity contribution in [3.8, 4) is 67.3 Å². The number of benzene rings is 8. The Hall–Kier alpha value is -5.67. The zero-order valence-corrected chi connectivity index (χ0v) is 36.7. The molecular formula is C51H21B15N2. The summed E-state index contributed by atoms with van der Waals surface area (Å²) in [5, 5.41) is -3.05. The molecule has 8 aromatic carbocycles. The zero-order chi connectivity index (χ0) is 48.4. The predicted molar refractivity (Wildman–Crippen MR) is 299 cm³/mol. The summed E-state index contributed by atoms with van der Waals surface area (Å²) in [5.41, 5.74) is 4.60. The molecule has 1 aliphatic carbocycles. The van der Waals surface area contributed by atoms with Crippen LogP contribution in [0.2, 0.25) is 10.2 Å². The predicted octanol–water partition coefficient (Wildman–Crippen LogP) is -0.313. The van der Waals surface area contributed by atoms with Crippen LogP contribution in [0.3, 0.4) is 0 Å². The molecule has 1 heterocycles. The van der Waals surface area contributed by atoms with Crippen LogP contribution in [-0.4, -0.2) is 128 Å². The minimum Gasteiger partial charge on any atom is -0.228 e. The summed E-state index contributed by atoms with van der Waals surface area (Å²) in [6.45, 7) is 0. The highest BCUT2D eigenvalue weighted by Crippen LogP contribution is 2.64. The molecule has 0 fully saturated rings. The van der Waals surface area contributed by atoms with Gasteiger partial charge < -0.3 is 0 Å². The van der Waals surface area contributed by atoms with Gasteiger partial charge >= 0.3 is 0 Å². The fourth-order valence-electron chi connectivity index (χ4n) is 10.3. The highest BCUT2D eigenvalue weighted by Gasteiger charge is 2.57. The van der Waals surface area contributed by atoms with Crippen LogP contribution in [0.4, 0.5) is 0 Å². The maximum absolute atomic E-state index is 7.44. The van der Waals surface area contributed by atoms with Gasteiger partial charge in [-0.25, -0.2) is 9.97 Å². The van der Waals surface area contributed by atoms with Crippen LogP contribution in [-0.2, 0) is 5.41 Å². The van der Waals surface area contributed by atoms with Crippen molar-refractivity contribution >= 4 is 188 Å². The molecule has 0 bridgehead atoms. The largest absolute Gasteiger partial charge is 0.228 e. The molecule has 280 valence electrons. The second-order valence-electron chi connectivity index (χ2n) is 17.4. The van der Waals surface area contributed by atoms with Gasteiger partial charge in [0.2, 0.25) is 0 Å². The van der Waals surface area contributed by atoms with E-state index in [2.05, 4.69) is 24.3 Å². The molecule has 1 aromatic heterocycles. The second kappa shape index (κ2) is 16.5. The topological polar surface area (TPSA) is 25.8 Å². The normalized spacial score (nSPS) is 13.1. The molecule has 0 N–H and O–H groups in total. The summed E-state index contributed by atoms with van der Waals surface area (Å²) in [6, 6.07) is 41.7. The molecule has 10 rings (SSSR count). The third-order valence-electron chi connectivity index (χ3n) is 13.4. The third-order valence-corrected chi connectivity index (χ3v) is 13.4. The number of hydrogen-bond donors (Lipinski definition) is 0. The van der Waals surface area contributed by atoms with Crippen LogP contribution < -0.4 is 49.2 Å². The fourth-order valence-corrected chi connectivity index (χ4v) is 10.3. The van der Waals surface area contributed by atoms with Crippen molar-refractivity contribution in [2.24, 2.45) is 0 Å². The Balaban J connectivity index is 1.26. The van der Waals surface area contributed by atoms with E-state index in [4.69, 9.17) is 128 Å². The Bertz CT molecular complexity index is 3570. The SMILES string of the molecule is [B]c1c([B])c2c(c([B])c1-c1ccc(-c3cc(-c4cccc(-c5ccccc5)c4)nc(-c4ccccc4)n3)c3ccccc13)C(C([B])([B])[B])(C([B])([B])[B])c1c([B])c([B])c3c([B])c([B])c([B])c([B])c3c1-2. The van der Waals surface area contributed by atoms with Gasteiger partial charge in [-0.3, -0.25) is 0 Å². The fraction of sp³-hybridized carbons (Fsp3) is 0.0588. The van der Waals surface area contributed by atoms with Crippen LogP contribution in [0.25, 0.3) is 88.8 Å². The number of nitrogens with zero attached hydrogens (tertiary/aromatic N) is 2. The molecule has 30 radical (unpaired) electrons. The maximum Gasteiger partial charge on any atom is 0.160 e. The Kier molecular flexibility index (Phi) is 11.2. The molecule has 17 heteroatoms. The van der Waals surface area contributed by atoms with Crippen molar-refractivity contribution in [2.75, 3.05) is 0 Å². The first kappa shape index (κ1) is 46.1. The van der Waals surface area contributed by atoms with E-state index < -0.39 is 15.6 Å². The van der Waals surface area contributed by atoms with Crippen LogP contribution >= 0.6 is 0 Å². The van der Waals surface area contributed by atoms with Crippen LogP contribution in [0.1, 0.15) is 11.1 Å². The number of rotatable bonds is 7. The monoisotopic (exact) mass is 826 g/mol. The lowest BCUT2D eigenvalue weighted by atomic mass is 9.17. The highest BCUT2D eigenvalue weighted by atomic mass is 14.9. The smallest absolute Gasteiger partial charge is 0.160 e. The first-order chi connectivity index (χ1) is 32.3. The van der Waals surface area contributed by atoms with Crippen LogP contribution in [0.15, 0.2) is 127 Å². The van der Waals surface area contributed by atoms with Gasteiger partial charge in [-0.15, -0.1) is 21.2 Å². The van der Waals surface area contributed by atoms with Crippen molar-refractivity contribution < 1.29 is 0 Å². The van der Waals surface area contributed by atoms with E-state index in [0.717, 1.165) is 38.9 Å². The van der Waals surface area contributed by atoms with Gasteiger partial charge in [-0.2, -0.15) is 0 Å². The maximum atomic E-state index is 7.44. The van der Waals surface area contributed by atoms with Crippen molar-refractivity contribution in [3.63, 3.8) is 0 Å². The molecule has 9 aromatic rings. The van der Waals surface area contributed by atoms with E-state index in [9.17, 15) is 0 Å². The van der Waals surface area contributed by atoms with Crippen LogP contribution in [0, 0.1) is 0 Å². The quantitative estimate of drug-likeness (QED) is 0.207. The number of hydrogen-bond acceptors (Lipinski definition) is 2. The summed E-state index contributed by atoms with van der Waals surface area (Å²) >= 11 is 0. The van der Waals surface area contributed by atoms with Crippen molar-refractivity contribution in [2.45, 2.75) is 15.6 Å². The van der Waals surface area contributed by atoms with E-state index in [1.807, 2.05) is 103 Å². The van der Waals surface area contributed by atoms with Gasteiger partial charge in [0.05, 0.1) is 58.5 Å². The van der Waals surface area contributed by atoms with Gasteiger partial charge in [0.1, 0.15) is 70.6 Å². The average Bonchev–Trinajstić information content (AvgIpc) is 3.68. The number of aromatic nitrogens is 2. The van der Waals surface area contributed by atoms with E-state index in [1.165, 1.54) is 0 Å². The van der Waals surface area contributed by atoms with E-state index in [-0.39, 0.29) is 87.8 Å². The molecule has 0 saturated carbocycles. The number of fused-ring (bicyclic) bond motifs is 6. The summed E-state index contributed by atoms with van der Waals surface area (Å²) in [7, 11) is 103. The summed E-state index contributed by atoms with van der Waals surface area (Å²) < 4.78 is 0. The molecule has 0 saturated heterocycles. The van der Waals surface area contributed by atoms with Crippen molar-refractivity contribution in [1.29, 1.82) is 0 Å². The molecule has 0 spiro atoms.